The van der Waals surface area contributed by atoms with Gasteiger partial charge in [-0.25, -0.2) is 9.78 Å². The topological polar surface area (TPSA) is 91.7 Å². The second-order valence-corrected chi connectivity index (χ2v) is 4.54. The maximum Gasteiger partial charge on any atom is 0.354 e. The molecule has 1 aliphatic rings. The number of pyridine rings is 1. The molecule has 0 saturated heterocycles. The summed E-state index contributed by atoms with van der Waals surface area (Å²) >= 11 is 0. The number of aliphatic hydroxyl groups is 1. The van der Waals surface area contributed by atoms with E-state index in [4.69, 9.17) is 14.9 Å². The van der Waals surface area contributed by atoms with E-state index in [9.17, 15) is 4.79 Å². The van der Waals surface area contributed by atoms with Gasteiger partial charge in [0.1, 0.15) is 5.69 Å². The molecule has 1 unspecified atom stereocenters. The lowest BCUT2D eigenvalue weighted by atomic mass is 10.0. The molecule has 2 heterocycles. The molecule has 20 heavy (non-hydrogen) atoms. The van der Waals surface area contributed by atoms with Gasteiger partial charge in [0.2, 0.25) is 0 Å². The molecular formula is C13H19ClN2O4. The number of halogens is 1. The SMILES string of the molecule is Cl.O=C(O)c1ccc2c(n1)CC(COCCCO)NC2. The molecule has 0 aliphatic carbocycles. The predicted molar refractivity (Wildman–Crippen MR) is 75.3 cm³/mol. The van der Waals surface area contributed by atoms with E-state index in [1.165, 1.54) is 6.07 Å². The van der Waals surface area contributed by atoms with Gasteiger partial charge < -0.3 is 20.3 Å². The van der Waals surface area contributed by atoms with E-state index >= 15 is 0 Å². The number of nitrogens with zero attached hydrogens (tertiary/aromatic N) is 1. The van der Waals surface area contributed by atoms with Crippen LogP contribution >= 0.6 is 12.4 Å². The summed E-state index contributed by atoms with van der Waals surface area (Å²) in [4.78, 5) is 15.1. The van der Waals surface area contributed by atoms with Crippen LogP contribution in [0.5, 0.6) is 0 Å². The zero-order valence-electron chi connectivity index (χ0n) is 11.0. The third-order valence-electron chi connectivity index (χ3n) is 3.07. The maximum atomic E-state index is 10.9. The number of fused-ring (bicyclic) bond motifs is 1. The second-order valence-electron chi connectivity index (χ2n) is 4.54. The molecule has 0 bridgehead atoms. The number of hydrogen-bond donors (Lipinski definition) is 3. The van der Waals surface area contributed by atoms with E-state index in [1.807, 2.05) is 6.07 Å². The predicted octanol–water partition coefficient (Wildman–Crippen LogP) is 0.615. The average molecular weight is 303 g/mol. The van der Waals surface area contributed by atoms with Crippen molar-refractivity contribution in [3.05, 3.63) is 29.1 Å². The Bertz CT molecular complexity index is 456. The number of ether oxygens (including phenoxy) is 1. The average Bonchev–Trinajstić information content (AvgIpc) is 2.42. The van der Waals surface area contributed by atoms with Crippen LogP contribution in [0, 0.1) is 0 Å². The van der Waals surface area contributed by atoms with E-state index in [1.54, 1.807) is 0 Å². The van der Waals surface area contributed by atoms with Gasteiger partial charge in [0.25, 0.3) is 0 Å². The summed E-state index contributed by atoms with van der Waals surface area (Å²) in [5, 5.41) is 20.9. The Morgan fingerprint density at radius 1 is 1.50 bits per heavy atom. The normalized spacial score (nSPS) is 17.1. The summed E-state index contributed by atoms with van der Waals surface area (Å²) in [6, 6.07) is 3.48. The number of aliphatic hydroxyl groups excluding tert-OH is 1. The summed E-state index contributed by atoms with van der Waals surface area (Å²) in [6.45, 7) is 1.88. The Labute approximate surface area is 123 Å². The monoisotopic (exact) mass is 302 g/mol. The fraction of sp³-hybridized carbons (Fsp3) is 0.538. The fourth-order valence-corrected chi connectivity index (χ4v) is 2.06. The van der Waals surface area contributed by atoms with Crippen molar-refractivity contribution in [2.75, 3.05) is 19.8 Å². The Hall–Kier alpha value is -1.21. The molecule has 0 spiro atoms. The molecule has 3 N–H and O–H groups in total. The minimum absolute atomic E-state index is 0. The third kappa shape index (κ3) is 4.42. The molecular weight excluding hydrogens is 284 g/mol. The summed E-state index contributed by atoms with van der Waals surface area (Å²) in [7, 11) is 0. The van der Waals surface area contributed by atoms with Gasteiger partial charge >= 0.3 is 5.97 Å². The van der Waals surface area contributed by atoms with Gasteiger partial charge in [0.05, 0.1) is 6.61 Å². The van der Waals surface area contributed by atoms with E-state index in [2.05, 4.69) is 10.3 Å². The molecule has 0 amide bonds. The highest BCUT2D eigenvalue weighted by Crippen LogP contribution is 2.15. The molecule has 0 fully saturated rings. The van der Waals surface area contributed by atoms with Gasteiger partial charge in [0.15, 0.2) is 0 Å². The van der Waals surface area contributed by atoms with Crippen LogP contribution in [-0.2, 0) is 17.7 Å². The van der Waals surface area contributed by atoms with Crippen molar-refractivity contribution in [3.8, 4) is 0 Å². The minimum Gasteiger partial charge on any atom is -0.477 e. The third-order valence-corrected chi connectivity index (χ3v) is 3.07. The molecule has 0 saturated carbocycles. The van der Waals surface area contributed by atoms with Crippen molar-refractivity contribution < 1.29 is 19.7 Å². The standard InChI is InChI=1S/C13H18N2O4.ClH/c16-4-1-5-19-8-10-6-12-9(7-14-10)2-3-11(15-12)13(17)18;/h2-3,10,14,16H,1,4-8H2,(H,17,18);1H. The molecule has 6 nitrogen and oxygen atoms in total. The molecule has 2 rings (SSSR count). The van der Waals surface area contributed by atoms with Gasteiger partial charge in [-0.1, -0.05) is 6.07 Å². The first-order valence-electron chi connectivity index (χ1n) is 6.35. The van der Waals surface area contributed by atoms with Crippen molar-refractivity contribution in [1.29, 1.82) is 0 Å². The van der Waals surface area contributed by atoms with Crippen LogP contribution in [0.25, 0.3) is 0 Å². The van der Waals surface area contributed by atoms with Crippen LogP contribution in [0.15, 0.2) is 12.1 Å². The van der Waals surface area contributed by atoms with Gasteiger partial charge in [-0.15, -0.1) is 12.4 Å². The molecule has 0 aromatic carbocycles. The number of hydrogen-bond acceptors (Lipinski definition) is 5. The number of aromatic carboxylic acids is 1. The van der Waals surface area contributed by atoms with Crippen LogP contribution < -0.4 is 5.32 Å². The number of rotatable bonds is 6. The molecule has 7 heteroatoms. The molecule has 1 aliphatic heterocycles. The summed E-state index contributed by atoms with van der Waals surface area (Å²) in [6.07, 6.45) is 1.29. The summed E-state index contributed by atoms with van der Waals surface area (Å²) < 4.78 is 5.44. The van der Waals surface area contributed by atoms with Crippen molar-refractivity contribution in [2.24, 2.45) is 0 Å². The van der Waals surface area contributed by atoms with E-state index in [0.717, 1.165) is 11.3 Å². The summed E-state index contributed by atoms with van der Waals surface area (Å²) in [5.74, 6) is -1.00. The van der Waals surface area contributed by atoms with Crippen LogP contribution in [0.4, 0.5) is 0 Å². The number of nitrogens with one attached hydrogen (secondary N) is 1. The highest BCUT2D eigenvalue weighted by Gasteiger charge is 2.20. The lowest BCUT2D eigenvalue weighted by Crippen LogP contribution is -2.39. The van der Waals surface area contributed by atoms with Crippen molar-refractivity contribution in [3.63, 3.8) is 0 Å². The van der Waals surface area contributed by atoms with E-state index in [-0.39, 0.29) is 30.7 Å². The lowest BCUT2D eigenvalue weighted by molar-refractivity contribution is 0.0689. The smallest absolute Gasteiger partial charge is 0.354 e. The Kier molecular flexibility index (Phi) is 6.87. The first-order chi connectivity index (χ1) is 9.20. The van der Waals surface area contributed by atoms with Gasteiger partial charge in [-0.05, 0) is 18.1 Å². The Balaban J connectivity index is 0.00000200. The van der Waals surface area contributed by atoms with Crippen LogP contribution in [0.3, 0.4) is 0 Å². The van der Waals surface area contributed by atoms with Gasteiger partial charge in [0, 0.05) is 37.9 Å². The van der Waals surface area contributed by atoms with Crippen LogP contribution in [0.2, 0.25) is 0 Å². The first-order valence-corrected chi connectivity index (χ1v) is 6.35. The number of carbonyl (C=O) groups is 1. The van der Waals surface area contributed by atoms with Crippen molar-refractivity contribution in [2.45, 2.75) is 25.4 Å². The molecule has 1 aromatic heterocycles. The molecule has 0 radical (unpaired) electrons. The van der Waals surface area contributed by atoms with Crippen LogP contribution in [0.1, 0.15) is 28.2 Å². The fourth-order valence-electron chi connectivity index (χ4n) is 2.06. The van der Waals surface area contributed by atoms with Gasteiger partial charge in [-0.3, -0.25) is 0 Å². The van der Waals surface area contributed by atoms with Crippen LogP contribution in [-0.4, -0.2) is 47.0 Å². The largest absolute Gasteiger partial charge is 0.477 e. The quantitative estimate of drug-likeness (QED) is 0.667. The van der Waals surface area contributed by atoms with Crippen molar-refractivity contribution >= 4 is 18.4 Å². The van der Waals surface area contributed by atoms with E-state index < -0.39 is 5.97 Å². The van der Waals surface area contributed by atoms with Crippen molar-refractivity contribution in [1.82, 2.24) is 10.3 Å². The molecule has 112 valence electrons. The second kappa shape index (κ2) is 8.16. The Morgan fingerprint density at radius 2 is 2.30 bits per heavy atom. The first kappa shape index (κ1) is 16.8. The number of carboxylic acids is 1. The summed E-state index contributed by atoms with van der Waals surface area (Å²) in [5.41, 5.74) is 1.95. The highest BCUT2D eigenvalue weighted by molar-refractivity contribution is 5.85. The van der Waals surface area contributed by atoms with E-state index in [0.29, 0.717) is 32.6 Å². The highest BCUT2D eigenvalue weighted by atomic mass is 35.5. The van der Waals surface area contributed by atoms with Gasteiger partial charge in [-0.2, -0.15) is 0 Å². The maximum absolute atomic E-state index is 10.9. The molecule has 1 aromatic rings. The minimum atomic E-state index is -1.00. The molecule has 1 atom stereocenters. The zero-order chi connectivity index (χ0) is 13.7. The number of aromatic nitrogens is 1. The number of carboxylic acid groups (broad SMARTS) is 1. The Morgan fingerprint density at radius 3 is 3.00 bits per heavy atom. The lowest BCUT2D eigenvalue weighted by Gasteiger charge is -2.25. The zero-order valence-corrected chi connectivity index (χ0v) is 11.9.